The third kappa shape index (κ3) is 5.76. The zero-order valence-electron chi connectivity index (χ0n) is 17.3. The average Bonchev–Trinajstić information content (AvgIpc) is 2.69. The van der Waals surface area contributed by atoms with Crippen LogP contribution in [0.5, 0.6) is 17.2 Å². The van der Waals surface area contributed by atoms with Crippen molar-refractivity contribution in [3.63, 3.8) is 0 Å². The molecule has 27 heavy (non-hydrogen) atoms. The van der Waals surface area contributed by atoms with Gasteiger partial charge in [0, 0.05) is 19.0 Å². The van der Waals surface area contributed by atoms with E-state index in [1.807, 2.05) is 12.1 Å². The Bertz CT molecular complexity index is 612. The number of carbonyl (C=O) groups excluding carboxylic acids is 1. The Balaban J connectivity index is 1.85. The van der Waals surface area contributed by atoms with E-state index in [0.29, 0.717) is 42.7 Å². The molecule has 0 spiro atoms. The van der Waals surface area contributed by atoms with Gasteiger partial charge in [0.2, 0.25) is 11.7 Å². The van der Waals surface area contributed by atoms with Crippen LogP contribution in [-0.4, -0.2) is 57.8 Å². The summed E-state index contributed by atoms with van der Waals surface area (Å²) in [5.41, 5.74) is 0.934. The fraction of sp³-hybridized carbons (Fsp3) is 0.667. The third-order valence-corrected chi connectivity index (χ3v) is 5.44. The predicted octanol–water partition coefficient (Wildman–Crippen LogP) is 2.88. The summed E-state index contributed by atoms with van der Waals surface area (Å²) in [6.45, 7) is 7.44. The van der Waals surface area contributed by atoms with E-state index in [4.69, 9.17) is 14.2 Å². The van der Waals surface area contributed by atoms with Gasteiger partial charge in [-0.05, 0) is 56.8 Å². The predicted molar refractivity (Wildman–Crippen MR) is 107 cm³/mol. The lowest BCUT2D eigenvalue weighted by molar-refractivity contribution is -0.121. The van der Waals surface area contributed by atoms with Gasteiger partial charge in [0.05, 0.1) is 21.3 Å². The minimum atomic E-state index is 0.0593. The lowest BCUT2D eigenvalue weighted by Crippen LogP contribution is -2.45. The normalized spacial score (nSPS) is 16.6. The van der Waals surface area contributed by atoms with Crippen LogP contribution in [0.2, 0.25) is 0 Å². The first-order chi connectivity index (χ1) is 13.0. The number of methoxy groups -OCH3 is 3. The van der Waals surface area contributed by atoms with Crippen molar-refractivity contribution in [1.82, 2.24) is 10.2 Å². The maximum atomic E-state index is 12.3. The van der Waals surface area contributed by atoms with E-state index >= 15 is 0 Å². The highest BCUT2D eigenvalue weighted by molar-refractivity contribution is 5.76. The van der Waals surface area contributed by atoms with Crippen LogP contribution in [0.25, 0.3) is 0 Å². The van der Waals surface area contributed by atoms with Crippen molar-refractivity contribution in [3.05, 3.63) is 17.7 Å². The van der Waals surface area contributed by atoms with Gasteiger partial charge in [0.1, 0.15) is 0 Å². The van der Waals surface area contributed by atoms with E-state index < -0.39 is 0 Å². The molecule has 1 aromatic rings. The van der Waals surface area contributed by atoms with Gasteiger partial charge in [0.25, 0.3) is 0 Å². The number of ether oxygens (including phenoxy) is 3. The minimum Gasteiger partial charge on any atom is -0.493 e. The van der Waals surface area contributed by atoms with Crippen molar-refractivity contribution < 1.29 is 19.0 Å². The fourth-order valence-corrected chi connectivity index (χ4v) is 3.56. The molecule has 1 amide bonds. The number of rotatable bonds is 9. The number of amides is 1. The average molecular weight is 379 g/mol. The monoisotopic (exact) mass is 378 g/mol. The quantitative estimate of drug-likeness (QED) is 0.716. The van der Waals surface area contributed by atoms with Gasteiger partial charge in [-0.3, -0.25) is 9.69 Å². The summed E-state index contributed by atoms with van der Waals surface area (Å²) >= 11 is 0. The van der Waals surface area contributed by atoms with Crippen LogP contribution in [-0.2, 0) is 11.2 Å². The lowest BCUT2D eigenvalue weighted by atomic mass is 9.98. The molecule has 1 aromatic carbocycles. The van der Waals surface area contributed by atoms with E-state index in [1.54, 1.807) is 21.3 Å². The molecule has 1 aliphatic heterocycles. The maximum absolute atomic E-state index is 12.3. The van der Waals surface area contributed by atoms with Crippen LogP contribution < -0.4 is 19.5 Å². The molecule has 1 heterocycles. The molecule has 6 heteroatoms. The Labute approximate surface area is 163 Å². The molecule has 0 saturated carbocycles. The third-order valence-electron chi connectivity index (χ3n) is 5.44. The number of likely N-dealkylation sites (tertiary alicyclic amines) is 1. The van der Waals surface area contributed by atoms with Gasteiger partial charge in [-0.15, -0.1) is 0 Å². The Morgan fingerprint density at radius 2 is 1.81 bits per heavy atom. The van der Waals surface area contributed by atoms with Gasteiger partial charge in [-0.1, -0.05) is 13.0 Å². The van der Waals surface area contributed by atoms with Crippen molar-refractivity contribution in [1.29, 1.82) is 0 Å². The summed E-state index contributed by atoms with van der Waals surface area (Å²) in [7, 11) is 4.77. The standard InChI is InChI=1S/C21H34N2O4/c1-15-10-12-23(13-11-15)16(2)14-22-19(24)9-7-17-6-8-18(25-3)21(27-5)20(17)26-4/h6,8,15-16H,7,9-14H2,1-5H3,(H,22,24). The number of carbonyl (C=O) groups is 1. The molecule has 0 aromatic heterocycles. The lowest BCUT2D eigenvalue weighted by Gasteiger charge is -2.35. The smallest absolute Gasteiger partial charge is 0.220 e. The van der Waals surface area contributed by atoms with E-state index in [1.165, 1.54) is 12.8 Å². The molecule has 1 fully saturated rings. The van der Waals surface area contributed by atoms with E-state index in [2.05, 4.69) is 24.1 Å². The van der Waals surface area contributed by atoms with Gasteiger partial charge in [-0.25, -0.2) is 0 Å². The molecule has 2 rings (SSSR count). The summed E-state index contributed by atoms with van der Waals surface area (Å²) in [6, 6.07) is 4.14. The van der Waals surface area contributed by atoms with Crippen LogP contribution in [0.3, 0.4) is 0 Å². The summed E-state index contributed by atoms with van der Waals surface area (Å²) in [4.78, 5) is 14.8. The minimum absolute atomic E-state index is 0.0593. The molecule has 0 bridgehead atoms. The van der Waals surface area contributed by atoms with Gasteiger partial charge in [0.15, 0.2) is 11.5 Å². The molecule has 1 N–H and O–H groups in total. The van der Waals surface area contributed by atoms with E-state index in [0.717, 1.165) is 24.6 Å². The zero-order valence-corrected chi connectivity index (χ0v) is 17.3. The fourth-order valence-electron chi connectivity index (χ4n) is 3.56. The maximum Gasteiger partial charge on any atom is 0.220 e. The number of aryl methyl sites for hydroxylation is 1. The van der Waals surface area contributed by atoms with Gasteiger partial charge in [-0.2, -0.15) is 0 Å². The molecule has 0 radical (unpaired) electrons. The summed E-state index contributed by atoms with van der Waals surface area (Å²) in [6.07, 6.45) is 3.50. The molecule has 1 unspecified atom stereocenters. The molecule has 1 atom stereocenters. The molecular weight excluding hydrogens is 344 g/mol. The molecule has 0 aliphatic carbocycles. The second-order valence-corrected chi connectivity index (χ2v) is 7.37. The highest BCUT2D eigenvalue weighted by atomic mass is 16.5. The van der Waals surface area contributed by atoms with Crippen LogP contribution in [0.15, 0.2) is 12.1 Å². The Hall–Kier alpha value is -1.95. The van der Waals surface area contributed by atoms with Crippen molar-refractivity contribution in [2.45, 2.75) is 45.6 Å². The topological polar surface area (TPSA) is 60.0 Å². The first-order valence-electron chi connectivity index (χ1n) is 9.78. The van der Waals surface area contributed by atoms with Crippen LogP contribution in [0, 0.1) is 5.92 Å². The second-order valence-electron chi connectivity index (χ2n) is 7.37. The molecule has 1 aliphatic rings. The number of nitrogens with zero attached hydrogens (tertiary/aromatic N) is 1. The van der Waals surface area contributed by atoms with Crippen molar-refractivity contribution in [2.24, 2.45) is 5.92 Å². The number of nitrogens with one attached hydrogen (secondary N) is 1. The molecular formula is C21H34N2O4. The Kier molecular flexibility index (Phi) is 8.23. The van der Waals surface area contributed by atoms with E-state index in [-0.39, 0.29) is 5.91 Å². The highest BCUT2D eigenvalue weighted by Crippen LogP contribution is 2.40. The van der Waals surface area contributed by atoms with Crippen molar-refractivity contribution >= 4 is 5.91 Å². The summed E-state index contributed by atoms with van der Waals surface area (Å²) in [5, 5.41) is 3.07. The molecule has 1 saturated heterocycles. The van der Waals surface area contributed by atoms with Crippen LogP contribution in [0.4, 0.5) is 0 Å². The van der Waals surface area contributed by atoms with Crippen LogP contribution >= 0.6 is 0 Å². The van der Waals surface area contributed by atoms with E-state index in [9.17, 15) is 4.79 Å². The summed E-state index contributed by atoms with van der Waals surface area (Å²) < 4.78 is 16.2. The van der Waals surface area contributed by atoms with Crippen molar-refractivity contribution in [3.8, 4) is 17.2 Å². The summed E-state index contributed by atoms with van der Waals surface area (Å²) in [5.74, 6) is 2.68. The van der Waals surface area contributed by atoms with Gasteiger partial charge < -0.3 is 19.5 Å². The number of benzene rings is 1. The molecule has 6 nitrogen and oxygen atoms in total. The zero-order chi connectivity index (χ0) is 19.8. The first kappa shape index (κ1) is 21.4. The largest absolute Gasteiger partial charge is 0.493 e. The van der Waals surface area contributed by atoms with Gasteiger partial charge >= 0.3 is 0 Å². The number of piperidine rings is 1. The first-order valence-corrected chi connectivity index (χ1v) is 9.78. The Morgan fingerprint density at radius 3 is 2.41 bits per heavy atom. The van der Waals surface area contributed by atoms with Crippen molar-refractivity contribution in [2.75, 3.05) is 41.0 Å². The SMILES string of the molecule is COc1ccc(CCC(=O)NCC(C)N2CCC(C)CC2)c(OC)c1OC. The van der Waals surface area contributed by atoms with Crippen LogP contribution in [0.1, 0.15) is 38.7 Å². The second kappa shape index (κ2) is 10.4. The highest BCUT2D eigenvalue weighted by Gasteiger charge is 2.21. The number of hydrogen-bond acceptors (Lipinski definition) is 5. The Morgan fingerprint density at radius 1 is 1.15 bits per heavy atom. The number of hydrogen-bond donors (Lipinski definition) is 1. The molecule has 152 valence electrons.